The maximum absolute atomic E-state index is 3.72. The Morgan fingerprint density at radius 3 is 2.36 bits per heavy atom. The molecule has 11 heavy (non-hydrogen) atoms. The van der Waals surface area contributed by atoms with Gasteiger partial charge in [0.1, 0.15) is 0 Å². The van der Waals surface area contributed by atoms with Gasteiger partial charge >= 0.3 is 0 Å². The lowest BCUT2D eigenvalue weighted by Crippen LogP contribution is -1.88. The smallest absolute Gasteiger partial charge is 0.00540 e. The molecular weight excluding hydrogens is 132 g/mol. The second kappa shape index (κ2) is 5.72. The summed E-state index contributed by atoms with van der Waals surface area (Å²) in [6.07, 6.45) is 9.69. The Hall–Kier alpha value is -1.04. The summed E-state index contributed by atoms with van der Waals surface area (Å²) in [5.41, 5.74) is 1.32. The second-order valence-corrected chi connectivity index (χ2v) is 2.56. The van der Waals surface area contributed by atoms with E-state index in [0.717, 1.165) is 0 Å². The molecule has 0 saturated heterocycles. The van der Waals surface area contributed by atoms with Crippen LogP contribution in [-0.2, 0) is 0 Å². The van der Waals surface area contributed by atoms with Crippen molar-refractivity contribution >= 4 is 0 Å². The van der Waals surface area contributed by atoms with E-state index >= 15 is 0 Å². The molecule has 0 heteroatoms. The fourth-order valence-corrected chi connectivity index (χ4v) is 0.624. The van der Waals surface area contributed by atoms with Crippen molar-refractivity contribution in [2.45, 2.75) is 13.8 Å². The van der Waals surface area contributed by atoms with Gasteiger partial charge in [-0.3, -0.25) is 0 Å². The minimum Gasteiger partial charge on any atom is -0.102 e. The first-order chi connectivity index (χ1) is 5.22. The molecule has 0 aromatic heterocycles. The average molecular weight is 148 g/mol. The molecule has 0 radical (unpaired) electrons. The van der Waals surface area contributed by atoms with Crippen LogP contribution in [-0.4, -0.2) is 0 Å². The van der Waals surface area contributed by atoms with Crippen molar-refractivity contribution in [1.29, 1.82) is 0 Å². The Bertz CT molecular complexity index is 182. The van der Waals surface area contributed by atoms with E-state index in [-0.39, 0.29) is 0 Å². The first-order valence-corrected chi connectivity index (χ1v) is 3.80. The predicted molar refractivity (Wildman–Crippen MR) is 52.5 cm³/mol. The third-order valence-corrected chi connectivity index (χ3v) is 1.68. The maximum Gasteiger partial charge on any atom is -0.00540 e. The highest BCUT2D eigenvalue weighted by Gasteiger charge is 1.94. The lowest BCUT2D eigenvalue weighted by atomic mass is 10.0. The van der Waals surface area contributed by atoms with Crippen molar-refractivity contribution in [3.8, 4) is 0 Å². The molecule has 0 N–H and O–H groups in total. The number of rotatable bonds is 4. The fourth-order valence-electron chi connectivity index (χ4n) is 0.624. The summed E-state index contributed by atoms with van der Waals surface area (Å²) in [5, 5.41) is 0. The standard InChI is InChI=1S/C11H16/c1-5-7-8-9-11(4)10(3)6-2/h5-10H,1-2H2,3-4H3. The summed E-state index contributed by atoms with van der Waals surface area (Å²) in [6, 6.07) is 0. The average Bonchev–Trinajstić information content (AvgIpc) is 2.03. The van der Waals surface area contributed by atoms with Crippen LogP contribution in [0.25, 0.3) is 0 Å². The topological polar surface area (TPSA) is 0 Å². The first kappa shape index (κ1) is 9.96. The van der Waals surface area contributed by atoms with Crippen LogP contribution in [0.2, 0.25) is 0 Å². The van der Waals surface area contributed by atoms with Crippen LogP contribution in [0.15, 0.2) is 49.1 Å². The molecule has 1 unspecified atom stereocenters. The van der Waals surface area contributed by atoms with Gasteiger partial charge < -0.3 is 0 Å². The third-order valence-electron chi connectivity index (χ3n) is 1.68. The molecule has 1 atom stereocenters. The van der Waals surface area contributed by atoms with Gasteiger partial charge in [0.15, 0.2) is 0 Å². The molecular formula is C11H16. The first-order valence-electron chi connectivity index (χ1n) is 3.80. The molecule has 0 aliphatic rings. The summed E-state index contributed by atoms with van der Waals surface area (Å²) >= 11 is 0. The van der Waals surface area contributed by atoms with Crippen LogP contribution < -0.4 is 0 Å². The molecule has 0 rings (SSSR count). The molecule has 0 heterocycles. The van der Waals surface area contributed by atoms with Crippen molar-refractivity contribution in [1.82, 2.24) is 0 Å². The van der Waals surface area contributed by atoms with Crippen molar-refractivity contribution in [2.75, 3.05) is 0 Å². The summed E-state index contributed by atoms with van der Waals surface area (Å²) in [6.45, 7) is 11.5. The van der Waals surface area contributed by atoms with E-state index in [4.69, 9.17) is 0 Å². The zero-order valence-electron chi connectivity index (χ0n) is 7.38. The van der Waals surface area contributed by atoms with Crippen molar-refractivity contribution in [3.63, 3.8) is 0 Å². The highest BCUT2D eigenvalue weighted by atomic mass is 14.0. The van der Waals surface area contributed by atoms with Crippen LogP contribution in [0.1, 0.15) is 13.8 Å². The molecule has 0 aromatic carbocycles. The minimum absolute atomic E-state index is 0.462. The van der Waals surface area contributed by atoms with Gasteiger partial charge in [-0.15, -0.1) is 6.58 Å². The summed E-state index contributed by atoms with van der Waals surface area (Å²) in [4.78, 5) is 0. The molecule has 60 valence electrons. The molecule has 0 bridgehead atoms. The van der Waals surface area contributed by atoms with E-state index in [2.05, 4.69) is 33.1 Å². The zero-order valence-corrected chi connectivity index (χ0v) is 7.38. The van der Waals surface area contributed by atoms with Gasteiger partial charge in [-0.2, -0.15) is 0 Å². The van der Waals surface area contributed by atoms with Gasteiger partial charge in [-0.1, -0.05) is 49.5 Å². The molecule has 0 aliphatic heterocycles. The van der Waals surface area contributed by atoms with E-state index in [9.17, 15) is 0 Å². The number of hydrogen-bond acceptors (Lipinski definition) is 0. The molecule has 0 amide bonds. The number of hydrogen-bond donors (Lipinski definition) is 0. The third kappa shape index (κ3) is 4.38. The fraction of sp³-hybridized carbons (Fsp3) is 0.273. The highest BCUT2D eigenvalue weighted by molar-refractivity contribution is 5.17. The SMILES string of the molecule is C=CC=CC=C(C)C(C)C=C. The van der Waals surface area contributed by atoms with Crippen molar-refractivity contribution in [2.24, 2.45) is 5.92 Å². The zero-order chi connectivity index (χ0) is 8.69. The Morgan fingerprint density at radius 1 is 1.27 bits per heavy atom. The van der Waals surface area contributed by atoms with Gasteiger partial charge in [0.25, 0.3) is 0 Å². The lowest BCUT2D eigenvalue weighted by Gasteiger charge is -2.03. The minimum atomic E-state index is 0.462. The van der Waals surface area contributed by atoms with E-state index in [1.165, 1.54) is 5.57 Å². The molecule has 0 nitrogen and oxygen atoms in total. The molecule has 0 aromatic rings. The van der Waals surface area contributed by atoms with E-state index < -0.39 is 0 Å². The van der Waals surface area contributed by atoms with E-state index in [1.807, 2.05) is 18.2 Å². The Morgan fingerprint density at radius 2 is 1.91 bits per heavy atom. The number of allylic oxidation sites excluding steroid dienone is 6. The Kier molecular flexibility index (Phi) is 5.18. The highest BCUT2D eigenvalue weighted by Crippen LogP contribution is 2.09. The molecule has 0 spiro atoms. The second-order valence-electron chi connectivity index (χ2n) is 2.56. The lowest BCUT2D eigenvalue weighted by molar-refractivity contribution is 0.866. The van der Waals surface area contributed by atoms with Gasteiger partial charge in [0.05, 0.1) is 0 Å². The van der Waals surface area contributed by atoms with Crippen LogP contribution >= 0.6 is 0 Å². The summed E-state index contributed by atoms with van der Waals surface area (Å²) < 4.78 is 0. The van der Waals surface area contributed by atoms with E-state index in [0.29, 0.717) is 5.92 Å². The quantitative estimate of drug-likeness (QED) is 0.423. The van der Waals surface area contributed by atoms with Crippen LogP contribution in [0.4, 0.5) is 0 Å². The van der Waals surface area contributed by atoms with Gasteiger partial charge in [-0.05, 0) is 12.8 Å². The monoisotopic (exact) mass is 148 g/mol. The maximum atomic E-state index is 3.72. The van der Waals surface area contributed by atoms with Crippen LogP contribution in [0.5, 0.6) is 0 Å². The van der Waals surface area contributed by atoms with Gasteiger partial charge in [0, 0.05) is 0 Å². The normalized spacial score (nSPS) is 14.9. The largest absolute Gasteiger partial charge is 0.102 e. The predicted octanol–water partition coefficient (Wildman–Crippen LogP) is 3.50. The summed E-state index contributed by atoms with van der Waals surface area (Å²) in [5.74, 6) is 0.462. The van der Waals surface area contributed by atoms with E-state index in [1.54, 1.807) is 6.08 Å². The van der Waals surface area contributed by atoms with Crippen LogP contribution in [0, 0.1) is 5.92 Å². The van der Waals surface area contributed by atoms with Crippen molar-refractivity contribution < 1.29 is 0 Å². The van der Waals surface area contributed by atoms with Crippen LogP contribution in [0.3, 0.4) is 0 Å². The molecule has 0 aliphatic carbocycles. The van der Waals surface area contributed by atoms with Gasteiger partial charge in [-0.25, -0.2) is 0 Å². The van der Waals surface area contributed by atoms with Crippen molar-refractivity contribution in [3.05, 3.63) is 49.1 Å². The summed E-state index contributed by atoms with van der Waals surface area (Å²) in [7, 11) is 0. The Balaban J connectivity index is 4.09. The molecule has 0 saturated carbocycles. The van der Waals surface area contributed by atoms with Gasteiger partial charge in [0.2, 0.25) is 0 Å². The Labute approximate surface area is 69.6 Å². The molecule has 0 fully saturated rings.